The van der Waals surface area contributed by atoms with Crippen molar-refractivity contribution in [3.63, 3.8) is 0 Å². The molecule has 0 aliphatic heterocycles. The van der Waals surface area contributed by atoms with Gasteiger partial charge in [-0.25, -0.2) is 4.79 Å². The highest BCUT2D eigenvalue weighted by atomic mass is 16.4. The zero-order chi connectivity index (χ0) is 13.4. The number of rotatable bonds is 2. The van der Waals surface area contributed by atoms with Crippen LogP contribution in [0.25, 0.3) is 11.1 Å². The Hall–Kier alpha value is -1.91. The van der Waals surface area contributed by atoms with Crippen LogP contribution in [0.15, 0.2) is 21.3 Å². The lowest BCUT2D eigenvalue weighted by Crippen LogP contribution is -2.26. The smallest absolute Gasteiger partial charge is 0.408 e. The molecule has 1 aromatic heterocycles. The van der Waals surface area contributed by atoms with Gasteiger partial charge in [-0.2, -0.15) is 0 Å². The molecular weight excluding hydrogens is 242 g/mol. The van der Waals surface area contributed by atoms with E-state index in [0.29, 0.717) is 22.8 Å². The number of fused-ring (bicyclic) bond motifs is 1. The van der Waals surface area contributed by atoms with Crippen LogP contribution in [0, 0.1) is 5.92 Å². The van der Waals surface area contributed by atoms with Crippen LogP contribution < -0.4 is 16.8 Å². The Balaban J connectivity index is 1.87. The summed E-state index contributed by atoms with van der Waals surface area (Å²) in [4.78, 5) is 13.8. The highest BCUT2D eigenvalue weighted by Gasteiger charge is 2.19. The second-order valence-corrected chi connectivity index (χ2v) is 5.56. The number of hydrogen-bond acceptors (Lipinski definition) is 4. The van der Waals surface area contributed by atoms with Crippen LogP contribution in [0.5, 0.6) is 0 Å². The SMILES string of the molecule is CC1CCCC(Nc2cc3[nH]c(=O)oc3cc2N)C1. The third kappa shape index (κ3) is 2.45. The van der Waals surface area contributed by atoms with Crippen LogP contribution >= 0.6 is 0 Å². The first-order chi connectivity index (χ1) is 9.11. The van der Waals surface area contributed by atoms with Crippen molar-refractivity contribution < 1.29 is 4.42 Å². The Morgan fingerprint density at radius 2 is 2.26 bits per heavy atom. The lowest BCUT2D eigenvalue weighted by atomic mass is 9.87. The minimum absolute atomic E-state index is 0.446. The first kappa shape index (κ1) is 12.1. The lowest BCUT2D eigenvalue weighted by Gasteiger charge is -2.28. The van der Waals surface area contributed by atoms with Gasteiger partial charge in [-0.15, -0.1) is 0 Å². The number of aromatic nitrogens is 1. The molecule has 1 aliphatic rings. The first-order valence-corrected chi connectivity index (χ1v) is 6.80. The highest BCUT2D eigenvalue weighted by Crippen LogP contribution is 2.30. The van der Waals surface area contributed by atoms with Crippen LogP contribution in [-0.2, 0) is 0 Å². The van der Waals surface area contributed by atoms with E-state index in [0.717, 1.165) is 11.6 Å². The van der Waals surface area contributed by atoms with Gasteiger partial charge in [0.05, 0.1) is 16.9 Å². The molecule has 1 fully saturated rings. The summed E-state index contributed by atoms with van der Waals surface area (Å²) in [7, 11) is 0. The molecular formula is C14H19N3O2. The standard InChI is InChI=1S/C14H19N3O2/c1-8-3-2-4-9(5-8)16-11-7-12-13(6-10(11)15)19-14(18)17-12/h6-9,16H,2-5,15H2,1H3,(H,17,18). The molecule has 1 aromatic carbocycles. The molecule has 1 aliphatic carbocycles. The second kappa shape index (κ2) is 4.64. The largest absolute Gasteiger partial charge is 0.417 e. The molecule has 0 saturated heterocycles. The highest BCUT2D eigenvalue weighted by molar-refractivity contribution is 5.85. The summed E-state index contributed by atoms with van der Waals surface area (Å²) in [6.45, 7) is 2.29. The minimum Gasteiger partial charge on any atom is -0.408 e. The van der Waals surface area contributed by atoms with Gasteiger partial charge in [-0.3, -0.25) is 4.98 Å². The fraction of sp³-hybridized carbons (Fsp3) is 0.500. The maximum absolute atomic E-state index is 11.2. The molecule has 102 valence electrons. The number of nitrogens with one attached hydrogen (secondary N) is 2. The van der Waals surface area contributed by atoms with Gasteiger partial charge in [0, 0.05) is 12.1 Å². The Morgan fingerprint density at radius 3 is 3.05 bits per heavy atom. The number of nitrogen functional groups attached to an aromatic ring is 1. The van der Waals surface area contributed by atoms with E-state index >= 15 is 0 Å². The van der Waals surface area contributed by atoms with Gasteiger partial charge in [-0.05, 0) is 24.8 Å². The van der Waals surface area contributed by atoms with Crippen molar-refractivity contribution >= 4 is 22.5 Å². The van der Waals surface area contributed by atoms with Gasteiger partial charge < -0.3 is 15.5 Å². The van der Waals surface area contributed by atoms with Crippen molar-refractivity contribution in [2.75, 3.05) is 11.1 Å². The summed E-state index contributed by atoms with van der Waals surface area (Å²) < 4.78 is 4.99. The van der Waals surface area contributed by atoms with Crippen LogP contribution in [0.1, 0.15) is 32.6 Å². The Morgan fingerprint density at radius 1 is 1.42 bits per heavy atom. The molecule has 3 rings (SSSR count). The van der Waals surface area contributed by atoms with E-state index in [4.69, 9.17) is 10.2 Å². The molecule has 0 radical (unpaired) electrons. The summed E-state index contributed by atoms with van der Waals surface area (Å²) in [5, 5.41) is 3.49. The fourth-order valence-corrected chi connectivity index (χ4v) is 2.92. The molecule has 1 saturated carbocycles. The molecule has 2 aromatic rings. The van der Waals surface area contributed by atoms with E-state index in [1.807, 2.05) is 6.07 Å². The van der Waals surface area contributed by atoms with Gasteiger partial charge in [0.2, 0.25) is 0 Å². The van der Waals surface area contributed by atoms with E-state index in [9.17, 15) is 4.79 Å². The van der Waals surface area contributed by atoms with Crippen LogP contribution in [0.4, 0.5) is 11.4 Å². The molecule has 0 bridgehead atoms. The van der Waals surface area contributed by atoms with Crippen LogP contribution in [0.3, 0.4) is 0 Å². The molecule has 4 N–H and O–H groups in total. The molecule has 0 amide bonds. The third-order valence-corrected chi connectivity index (χ3v) is 3.89. The van der Waals surface area contributed by atoms with E-state index in [1.165, 1.54) is 25.7 Å². The summed E-state index contributed by atoms with van der Waals surface area (Å²) >= 11 is 0. The van der Waals surface area contributed by atoms with Crippen molar-refractivity contribution in [3.05, 3.63) is 22.7 Å². The Labute approximate surface area is 111 Å². The van der Waals surface area contributed by atoms with Gasteiger partial charge >= 0.3 is 5.76 Å². The molecule has 2 atom stereocenters. The Bertz CT molecular complexity index is 644. The summed E-state index contributed by atoms with van der Waals surface area (Å²) in [6, 6.07) is 4.01. The predicted molar refractivity (Wildman–Crippen MR) is 76.3 cm³/mol. The van der Waals surface area contributed by atoms with Crippen LogP contribution in [-0.4, -0.2) is 11.0 Å². The van der Waals surface area contributed by atoms with E-state index in [2.05, 4.69) is 17.2 Å². The molecule has 2 unspecified atom stereocenters. The van der Waals surface area contributed by atoms with Crippen molar-refractivity contribution in [2.45, 2.75) is 38.6 Å². The fourth-order valence-electron chi connectivity index (χ4n) is 2.92. The number of H-pyrrole nitrogens is 1. The van der Waals surface area contributed by atoms with Crippen molar-refractivity contribution in [2.24, 2.45) is 5.92 Å². The number of nitrogens with two attached hydrogens (primary N) is 1. The zero-order valence-electron chi connectivity index (χ0n) is 11.0. The number of benzene rings is 1. The molecule has 1 heterocycles. The second-order valence-electron chi connectivity index (χ2n) is 5.56. The van der Waals surface area contributed by atoms with Gasteiger partial charge in [0.25, 0.3) is 0 Å². The maximum Gasteiger partial charge on any atom is 0.417 e. The monoisotopic (exact) mass is 261 g/mol. The third-order valence-electron chi connectivity index (χ3n) is 3.89. The summed E-state index contributed by atoms with van der Waals surface area (Å²) in [5.41, 5.74) is 8.70. The molecule has 5 nitrogen and oxygen atoms in total. The zero-order valence-corrected chi connectivity index (χ0v) is 11.0. The quantitative estimate of drug-likeness (QED) is 0.726. The van der Waals surface area contributed by atoms with Gasteiger partial charge in [-0.1, -0.05) is 19.8 Å². The van der Waals surface area contributed by atoms with E-state index in [1.54, 1.807) is 6.07 Å². The normalized spacial score (nSPS) is 23.6. The van der Waals surface area contributed by atoms with Crippen molar-refractivity contribution in [1.29, 1.82) is 0 Å². The molecule has 0 spiro atoms. The average Bonchev–Trinajstić information content (AvgIpc) is 2.69. The number of aromatic amines is 1. The molecule has 19 heavy (non-hydrogen) atoms. The van der Waals surface area contributed by atoms with Crippen molar-refractivity contribution in [1.82, 2.24) is 4.98 Å². The lowest BCUT2D eigenvalue weighted by molar-refractivity contribution is 0.359. The van der Waals surface area contributed by atoms with Gasteiger partial charge in [0.15, 0.2) is 5.58 Å². The van der Waals surface area contributed by atoms with E-state index < -0.39 is 5.76 Å². The number of oxazole rings is 1. The van der Waals surface area contributed by atoms with Crippen molar-refractivity contribution in [3.8, 4) is 0 Å². The Kier molecular flexibility index (Phi) is 2.97. The topological polar surface area (TPSA) is 84.0 Å². The predicted octanol–water partition coefficient (Wildman–Crippen LogP) is 2.69. The first-order valence-electron chi connectivity index (χ1n) is 6.80. The summed E-state index contributed by atoms with van der Waals surface area (Å²) in [6.07, 6.45) is 4.90. The minimum atomic E-state index is -0.446. The molecule has 5 heteroatoms. The number of hydrogen-bond donors (Lipinski definition) is 3. The van der Waals surface area contributed by atoms with E-state index in [-0.39, 0.29) is 0 Å². The summed E-state index contributed by atoms with van der Waals surface area (Å²) in [5.74, 6) is 0.308. The average molecular weight is 261 g/mol. The van der Waals surface area contributed by atoms with Gasteiger partial charge in [0.1, 0.15) is 0 Å². The maximum atomic E-state index is 11.2. The number of anilines is 2. The van der Waals surface area contributed by atoms with Crippen LogP contribution in [0.2, 0.25) is 0 Å².